The summed E-state index contributed by atoms with van der Waals surface area (Å²) in [5.41, 5.74) is 2.72. The van der Waals surface area contributed by atoms with Crippen LogP contribution in [0.3, 0.4) is 0 Å². The monoisotopic (exact) mass is 590 g/mol. The molecule has 2 aromatic carbocycles. The van der Waals surface area contributed by atoms with Gasteiger partial charge in [-0.25, -0.2) is 9.59 Å². The zero-order valence-corrected chi connectivity index (χ0v) is 25.5. The molecular formula is C32H38N4O7. The molecule has 1 unspecified atom stereocenters. The molecule has 3 heterocycles. The highest BCUT2D eigenvalue weighted by atomic mass is 16.6. The minimum atomic E-state index is -0.837. The highest BCUT2D eigenvalue weighted by Gasteiger charge is 2.38. The average molecular weight is 591 g/mol. The minimum Gasteiger partial charge on any atom is -0.497 e. The molecule has 0 N–H and O–H groups in total. The molecule has 11 nitrogen and oxygen atoms in total. The molecule has 43 heavy (non-hydrogen) atoms. The summed E-state index contributed by atoms with van der Waals surface area (Å²) in [4.78, 5) is 56.0. The molecule has 3 amide bonds. The molecule has 1 saturated heterocycles. The number of carbonyl (C=O) groups is 3. The van der Waals surface area contributed by atoms with Gasteiger partial charge in [0.25, 0.3) is 5.91 Å². The van der Waals surface area contributed by atoms with Crippen LogP contribution in [-0.2, 0) is 27.9 Å². The quantitative estimate of drug-likeness (QED) is 0.394. The van der Waals surface area contributed by atoms with Crippen molar-refractivity contribution in [2.45, 2.75) is 58.2 Å². The summed E-state index contributed by atoms with van der Waals surface area (Å²) >= 11 is 0. The molecule has 1 aromatic heterocycles. The summed E-state index contributed by atoms with van der Waals surface area (Å²) in [7, 11) is 4.82. The van der Waals surface area contributed by atoms with Crippen LogP contribution in [0.4, 0.5) is 4.79 Å². The molecule has 228 valence electrons. The number of benzene rings is 2. The second-order valence-corrected chi connectivity index (χ2v) is 11.8. The van der Waals surface area contributed by atoms with E-state index in [1.165, 1.54) is 14.0 Å². The Morgan fingerprint density at radius 1 is 0.977 bits per heavy atom. The van der Waals surface area contributed by atoms with E-state index in [2.05, 4.69) is 0 Å². The van der Waals surface area contributed by atoms with Crippen LogP contribution < -0.4 is 15.2 Å². The number of likely N-dealkylation sites (tertiary alicyclic amines) is 1. The Labute approximate surface area is 250 Å². The zero-order chi connectivity index (χ0) is 31.1. The van der Waals surface area contributed by atoms with Crippen molar-refractivity contribution in [1.82, 2.24) is 18.9 Å². The molecule has 1 fully saturated rings. The third-order valence-corrected chi connectivity index (χ3v) is 7.90. The van der Waals surface area contributed by atoms with Crippen molar-refractivity contribution in [1.29, 1.82) is 0 Å². The van der Waals surface area contributed by atoms with E-state index in [-0.39, 0.29) is 37.1 Å². The number of rotatable bonds is 6. The zero-order valence-electron chi connectivity index (χ0n) is 25.5. The number of amides is 3. The predicted octanol–water partition coefficient (Wildman–Crippen LogP) is 4.27. The Bertz CT molecular complexity index is 1660. The maximum absolute atomic E-state index is 13.8. The Morgan fingerprint density at radius 3 is 2.30 bits per heavy atom. The van der Waals surface area contributed by atoms with Crippen LogP contribution in [0.2, 0.25) is 0 Å². The fourth-order valence-corrected chi connectivity index (χ4v) is 5.77. The van der Waals surface area contributed by atoms with Gasteiger partial charge in [0.15, 0.2) is 0 Å². The number of nitrogens with zero attached hydrogens (tertiary/aromatic N) is 4. The third-order valence-electron chi connectivity index (χ3n) is 7.90. The second-order valence-electron chi connectivity index (χ2n) is 11.8. The van der Waals surface area contributed by atoms with Crippen molar-refractivity contribution >= 4 is 34.5 Å². The van der Waals surface area contributed by atoms with Crippen LogP contribution >= 0.6 is 0 Å². The molecular weight excluding hydrogens is 552 g/mol. The lowest BCUT2D eigenvalue weighted by molar-refractivity contribution is -0.151. The Balaban J connectivity index is 1.50. The van der Waals surface area contributed by atoms with E-state index in [0.29, 0.717) is 42.0 Å². The number of fused-ring (bicyclic) bond motifs is 1. The summed E-state index contributed by atoms with van der Waals surface area (Å²) < 4.78 is 19.5. The molecule has 1 atom stereocenters. The Morgan fingerprint density at radius 2 is 1.70 bits per heavy atom. The molecule has 5 rings (SSSR count). The molecule has 0 bridgehead atoms. The van der Waals surface area contributed by atoms with Crippen molar-refractivity contribution in [3.63, 3.8) is 0 Å². The number of piperidine rings is 1. The Kier molecular flexibility index (Phi) is 8.09. The third kappa shape index (κ3) is 5.76. The van der Waals surface area contributed by atoms with Crippen LogP contribution in [-0.4, -0.2) is 69.8 Å². The molecule has 2 aliphatic rings. The molecule has 2 aliphatic heterocycles. The van der Waals surface area contributed by atoms with Crippen molar-refractivity contribution in [2.24, 2.45) is 7.05 Å². The van der Waals surface area contributed by atoms with Crippen molar-refractivity contribution < 1.29 is 28.6 Å². The van der Waals surface area contributed by atoms with Crippen LogP contribution in [0, 0.1) is 0 Å². The summed E-state index contributed by atoms with van der Waals surface area (Å²) in [5, 5.41) is 0. The summed E-state index contributed by atoms with van der Waals surface area (Å²) in [5.74, 6) is 0.583. The maximum Gasteiger partial charge on any atom is 0.410 e. The smallest absolute Gasteiger partial charge is 0.410 e. The molecule has 0 spiro atoms. The lowest BCUT2D eigenvalue weighted by atomic mass is 9.96. The van der Waals surface area contributed by atoms with Crippen molar-refractivity contribution in [3.8, 4) is 11.5 Å². The highest BCUT2D eigenvalue weighted by molar-refractivity contribution is 6.01. The number of methoxy groups -OCH3 is 2. The normalized spacial score (nSPS) is 17.7. The van der Waals surface area contributed by atoms with Gasteiger partial charge in [-0.1, -0.05) is 18.2 Å². The van der Waals surface area contributed by atoms with Gasteiger partial charge in [0.2, 0.25) is 5.91 Å². The second kappa shape index (κ2) is 11.6. The van der Waals surface area contributed by atoms with Gasteiger partial charge in [-0.15, -0.1) is 0 Å². The van der Waals surface area contributed by atoms with Gasteiger partial charge in [0, 0.05) is 32.1 Å². The van der Waals surface area contributed by atoms with E-state index in [4.69, 9.17) is 14.2 Å². The van der Waals surface area contributed by atoms with Crippen molar-refractivity contribution in [2.75, 3.05) is 27.3 Å². The van der Waals surface area contributed by atoms with E-state index < -0.39 is 17.6 Å². The van der Waals surface area contributed by atoms with Crippen molar-refractivity contribution in [3.05, 3.63) is 64.1 Å². The first kappa shape index (κ1) is 29.9. The maximum atomic E-state index is 13.8. The van der Waals surface area contributed by atoms with E-state index in [1.807, 2.05) is 39.0 Å². The van der Waals surface area contributed by atoms with Crippen LogP contribution in [0.15, 0.2) is 47.3 Å². The van der Waals surface area contributed by atoms with E-state index in [0.717, 1.165) is 16.7 Å². The molecule has 0 saturated carbocycles. The largest absolute Gasteiger partial charge is 0.497 e. The molecule has 0 radical (unpaired) electrons. The van der Waals surface area contributed by atoms with E-state index in [1.54, 1.807) is 50.4 Å². The molecule has 3 aromatic rings. The SMILES string of the molecule is COc1ccc(CN2C(=O)CCC(n3c(=O)n(C)c4c(C5=CCN(C(=O)OC(C)(C)C)CC5)c(OC)ccc43)C2=O)cc1. The van der Waals surface area contributed by atoms with Gasteiger partial charge in [0.1, 0.15) is 23.1 Å². The number of hydrogen-bond donors (Lipinski definition) is 0. The number of aryl methyl sites for hydroxylation is 1. The van der Waals surface area contributed by atoms with Gasteiger partial charge in [-0.05, 0) is 69.0 Å². The number of aromatic nitrogens is 2. The van der Waals surface area contributed by atoms with Crippen LogP contribution in [0.5, 0.6) is 11.5 Å². The summed E-state index contributed by atoms with van der Waals surface area (Å²) in [6, 6.07) is 9.93. The lowest BCUT2D eigenvalue weighted by Gasteiger charge is -2.31. The lowest BCUT2D eigenvalue weighted by Crippen LogP contribution is -2.47. The van der Waals surface area contributed by atoms with Crippen LogP contribution in [0.25, 0.3) is 16.6 Å². The van der Waals surface area contributed by atoms with Crippen LogP contribution in [0.1, 0.15) is 57.2 Å². The Hall–Kier alpha value is -4.54. The number of ether oxygens (including phenoxy) is 3. The molecule has 11 heteroatoms. The van der Waals surface area contributed by atoms with E-state index in [9.17, 15) is 19.2 Å². The van der Waals surface area contributed by atoms with E-state index >= 15 is 0 Å². The average Bonchev–Trinajstić information content (AvgIpc) is 3.23. The number of imidazole rings is 1. The summed E-state index contributed by atoms with van der Waals surface area (Å²) in [6.45, 7) is 6.40. The number of imide groups is 1. The highest BCUT2D eigenvalue weighted by Crippen LogP contribution is 2.38. The fourth-order valence-electron chi connectivity index (χ4n) is 5.77. The first-order chi connectivity index (χ1) is 20.4. The predicted molar refractivity (Wildman–Crippen MR) is 161 cm³/mol. The van der Waals surface area contributed by atoms with Gasteiger partial charge >= 0.3 is 11.8 Å². The first-order valence-corrected chi connectivity index (χ1v) is 14.4. The summed E-state index contributed by atoms with van der Waals surface area (Å²) in [6.07, 6.45) is 2.47. The number of carbonyl (C=O) groups excluding carboxylic acids is 3. The molecule has 0 aliphatic carbocycles. The van der Waals surface area contributed by atoms with Gasteiger partial charge in [-0.3, -0.25) is 23.6 Å². The van der Waals surface area contributed by atoms with Gasteiger partial charge < -0.3 is 19.1 Å². The fraction of sp³-hybridized carbons (Fsp3) is 0.438. The van der Waals surface area contributed by atoms with Gasteiger partial charge in [0.05, 0.1) is 31.8 Å². The topological polar surface area (TPSA) is 112 Å². The van der Waals surface area contributed by atoms with Gasteiger partial charge in [-0.2, -0.15) is 0 Å². The minimum absolute atomic E-state index is 0.109. The number of hydrogen-bond acceptors (Lipinski definition) is 7. The standard InChI is InChI=1S/C32H38N4O7/c1-32(2,3)43-31(40)34-17-15-21(16-18-34)27-25(42-6)13-11-23-28(27)33(4)30(39)36(23)24-12-14-26(37)35(29(24)38)19-20-7-9-22(41-5)10-8-20/h7-11,13,15,24H,12,14,16-19H2,1-6H3. The first-order valence-electron chi connectivity index (χ1n) is 14.4.